The zero-order chi connectivity index (χ0) is 21.7. The van der Waals surface area contributed by atoms with Crippen LogP contribution in [-0.4, -0.2) is 43.4 Å². The van der Waals surface area contributed by atoms with E-state index in [1.807, 2.05) is 48.6 Å². The molecule has 4 atom stereocenters. The van der Waals surface area contributed by atoms with Crippen molar-refractivity contribution in [3.05, 3.63) is 66.2 Å². The molecule has 1 N–H and O–H groups in total. The molecule has 0 saturated carbocycles. The van der Waals surface area contributed by atoms with E-state index in [4.69, 9.17) is 14.2 Å². The highest BCUT2D eigenvalue weighted by molar-refractivity contribution is 6.03. The van der Waals surface area contributed by atoms with Crippen LogP contribution in [0.25, 0.3) is 0 Å². The van der Waals surface area contributed by atoms with Crippen molar-refractivity contribution in [2.75, 3.05) is 24.8 Å². The molecule has 0 aliphatic carbocycles. The molecule has 4 heterocycles. The molecule has 6 rings (SSSR count). The Labute approximate surface area is 185 Å². The second-order valence-electron chi connectivity index (χ2n) is 8.74. The van der Waals surface area contributed by atoms with Gasteiger partial charge in [0, 0.05) is 18.3 Å². The second-order valence-corrected chi connectivity index (χ2v) is 8.74. The van der Waals surface area contributed by atoms with Gasteiger partial charge in [0.2, 0.25) is 18.6 Å². The number of rotatable bonds is 6. The lowest BCUT2D eigenvalue weighted by Gasteiger charge is -2.23. The van der Waals surface area contributed by atoms with E-state index in [-0.39, 0.29) is 24.7 Å². The summed E-state index contributed by atoms with van der Waals surface area (Å²) in [7, 11) is 0. The van der Waals surface area contributed by atoms with Gasteiger partial charge in [0.25, 0.3) is 0 Å². The van der Waals surface area contributed by atoms with Gasteiger partial charge in [-0.2, -0.15) is 0 Å². The number of fused-ring (bicyclic) bond motifs is 2. The number of ether oxygens (including phenoxy) is 3. The molecule has 2 aromatic carbocycles. The fourth-order valence-corrected chi connectivity index (χ4v) is 5.34. The molecule has 2 bridgehead atoms. The molecule has 164 valence electrons. The lowest BCUT2D eigenvalue weighted by Crippen LogP contribution is -2.44. The number of carbonyl (C=O) groups is 2. The van der Waals surface area contributed by atoms with Crippen molar-refractivity contribution in [2.45, 2.75) is 24.5 Å². The monoisotopic (exact) mass is 432 g/mol. The topological polar surface area (TPSA) is 77.1 Å². The van der Waals surface area contributed by atoms with Crippen LogP contribution < -0.4 is 19.7 Å². The zero-order valence-electron chi connectivity index (χ0n) is 17.5. The molecular formula is C25H24N2O5. The third-order valence-corrected chi connectivity index (χ3v) is 6.86. The predicted molar refractivity (Wildman–Crippen MR) is 116 cm³/mol. The number of amides is 2. The number of nitrogens with one attached hydrogen (secondary N) is 1. The van der Waals surface area contributed by atoms with Crippen LogP contribution in [0.5, 0.6) is 11.5 Å². The largest absolute Gasteiger partial charge is 0.454 e. The Hall–Kier alpha value is -3.32. The van der Waals surface area contributed by atoms with Crippen LogP contribution in [0.3, 0.4) is 0 Å². The summed E-state index contributed by atoms with van der Waals surface area (Å²) in [5, 5.41) is 3.04. The fraction of sp³-hybridized carbons (Fsp3) is 0.360. The van der Waals surface area contributed by atoms with Gasteiger partial charge >= 0.3 is 0 Å². The first-order valence-corrected chi connectivity index (χ1v) is 11.0. The van der Waals surface area contributed by atoms with Crippen LogP contribution in [0.1, 0.15) is 12.0 Å². The maximum absolute atomic E-state index is 13.5. The average Bonchev–Trinajstić information content (AvgIpc) is 3.57. The molecule has 4 aliphatic heterocycles. The summed E-state index contributed by atoms with van der Waals surface area (Å²) in [5.74, 6) is 0.0718. The van der Waals surface area contributed by atoms with Gasteiger partial charge in [-0.25, -0.2) is 0 Å². The van der Waals surface area contributed by atoms with Crippen molar-refractivity contribution in [3.63, 3.8) is 0 Å². The fourth-order valence-electron chi connectivity index (χ4n) is 5.34. The van der Waals surface area contributed by atoms with Gasteiger partial charge in [-0.1, -0.05) is 42.5 Å². The SMILES string of the molecule is O=C(NCCCc1ccccc1)[C@H]1[C@@H]2C=C[C@@]3(CN(c4ccc5c(c4)OCO5)C(=O)[C@H]13)O2. The lowest BCUT2D eigenvalue weighted by molar-refractivity contribution is -0.131. The van der Waals surface area contributed by atoms with Crippen molar-refractivity contribution in [1.82, 2.24) is 5.32 Å². The Morgan fingerprint density at radius 3 is 2.84 bits per heavy atom. The maximum atomic E-state index is 13.5. The van der Waals surface area contributed by atoms with E-state index >= 15 is 0 Å². The summed E-state index contributed by atoms with van der Waals surface area (Å²) >= 11 is 0. The van der Waals surface area contributed by atoms with Crippen LogP contribution in [-0.2, 0) is 20.7 Å². The number of hydrogen-bond acceptors (Lipinski definition) is 5. The van der Waals surface area contributed by atoms with Crippen LogP contribution in [0.15, 0.2) is 60.7 Å². The van der Waals surface area contributed by atoms with E-state index in [2.05, 4.69) is 17.4 Å². The molecule has 2 saturated heterocycles. The number of nitrogens with zero attached hydrogens (tertiary/aromatic N) is 1. The van der Waals surface area contributed by atoms with Crippen LogP contribution in [0.4, 0.5) is 5.69 Å². The first kappa shape index (κ1) is 19.4. The van der Waals surface area contributed by atoms with Gasteiger partial charge in [0.05, 0.1) is 24.5 Å². The van der Waals surface area contributed by atoms with Gasteiger partial charge in [-0.15, -0.1) is 0 Å². The van der Waals surface area contributed by atoms with Crippen molar-refractivity contribution < 1.29 is 23.8 Å². The number of anilines is 1. The Balaban J connectivity index is 1.15. The third-order valence-electron chi connectivity index (χ3n) is 6.86. The van der Waals surface area contributed by atoms with E-state index in [9.17, 15) is 9.59 Å². The molecule has 7 nitrogen and oxygen atoms in total. The molecule has 32 heavy (non-hydrogen) atoms. The summed E-state index contributed by atoms with van der Waals surface area (Å²) in [6.45, 7) is 1.14. The molecule has 1 spiro atoms. The van der Waals surface area contributed by atoms with Crippen molar-refractivity contribution in [3.8, 4) is 11.5 Å². The highest BCUT2D eigenvalue weighted by atomic mass is 16.7. The first-order valence-electron chi connectivity index (χ1n) is 11.0. The van der Waals surface area contributed by atoms with Gasteiger partial charge in [0.1, 0.15) is 5.60 Å². The van der Waals surface area contributed by atoms with E-state index in [1.54, 1.807) is 4.90 Å². The van der Waals surface area contributed by atoms with Crippen LogP contribution >= 0.6 is 0 Å². The van der Waals surface area contributed by atoms with Gasteiger partial charge < -0.3 is 24.4 Å². The summed E-state index contributed by atoms with van der Waals surface area (Å²) in [4.78, 5) is 28.3. The molecule has 4 aliphatic rings. The first-order chi connectivity index (χ1) is 15.6. The van der Waals surface area contributed by atoms with E-state index in [1.165, 1.54) is 5.56 Å². The number of benzene rings is 2. The van der Waals surface area contributed by atoms with Gasteiger partial charge in [0.15, 0.2) is 11.5 Å². The highest BCUT2D eigenvalue weighted by Crippen LogP contribution is 2.53. The Morgan fingerprint density at radius 1 is 1.12 bits per heavy atom. The zero-order valence-corrected chi connectivity index (χ0v) is 17.5. The van der Waals surface area contributed by atoms with Gasteiger partial charge in [-0.3, -0.25) is 9.59 Å². The molecule has 2 fully saturated rings. The smallest absolute Gasteiger partial charge is 0.234 e. The third kappa shape index (κ3) is 2.99. The van der Waals surface area contributed by atoms with Crippen molar-refractivity contribution in [1.29, 1.82) is 0 Å². The minimum absolute atomic E-state index is 0.0832. The summed E-state index contributed by atoms with van der Waals surface area (Å²) in [5.41, 5.74) is 1.23. The number of hydrogen-bond donors (Lipinski definition) is 1. The van der Waals surface area contributed by atoms with Crippen LogP contribution in [0.2, 0.25) is 0 Å². The maximum Gasteiger partial charge on any atom is 0.234 e. The van der Waals surface area contributed by atoms with Crippen molar-refractivity contribution >= 4 is 17.5 Å². The van der Waals surface area contributed by atoms with E-state index in [0.717, 1.165) is 18.5 Å². The Bertz CT molecular complexity index is 1100. The van der Waals surface area contributed by atoms with E-state index in [0.29, 0.717) is 24.6 Å². The standard InChI is InChI=1S/C25H24N2O5/c28-23(26-12-4-7-16-5-2-1-3-6-16)21-19-10-11-25(32-19)14-27(24(29)22(21)25)17-8-9-18-20(13-17)31-15-30-18/h1-3,5-6,8-11,13,19,21-22H,4,7,12,14-15H2,(H,26,28)/t19-,21-,22-,25-/m0/s1. The summed E-state index contributed by atoms with van der Waals surface area (Å²) in [6, 6.07) is 15.7. The predicted octanol–water partition coefficient (Wildman–Crippen LogP) is 2.45. The lowest BCUT2D eigenvalue weighted by atomic mass is 9.77. The number of carbonyl (C=O) groups excluding carboxylic acids is 2. The molecule has 0 unspecified atom stereocenters. The van der Waals surface area contributed by atoms with E-state index < -0.39 is 17.4 Å². The second kappa shape index (κ2) is 7.38. The average molecular weight is 432 g/mol. The van der Waals surface area contributed by atoms with Crippen molar-refractivity contribution in [2.24, 2.45) is 11.8 Å². The minimum atomic E-state index is -0.746. The molecule has 2 amide bonds. The quantitative estimate of drug-likeness (QED) is 0.561. The van der Waals surface area contributed by atoms with Crippen LogP contribution in [0, 0.1) is 11.8 Å². The molecule has 0 radical (unpaired) electrons. The normalized spacial score (nSPS) is 28.9. The molecule has 2 aromatic rings. The molecule has 7 heteroatoms. The summed E-state index contributed by atoms with van der Waals surface area (Å²) in [6.07, 6.45) is 5.29. The molecular weight excluding hydrogens is 408 g/mol. The molecule has 0 aromatic heterocycles. The Morgan fingerprint density at radius 2 is 1.97 bits per heavy atom. The summed E-state index contributed by atoms with van der Waals surface area (Å²) < 4.78 is 17.1. The minimum Gasteiger partial charge on any atom is -0.454 e. The Kier molecular flexibility index (Phi) is 4.47. The highest BCUT2D eigenvalue weighted by Gasteiger charge is 2.67. The van der Waals surface area contributed by atoms with Gasteiger partial charge in [-0.05, 0) is 30.5 Å². The number of aryl methyl sites for hydroxylation is 1.